The highest BCUT2D eigenvalue weighted by Gasteiger charge is 2.28. The molecule has 0 saturated heterocycles. The Labute approximate surface area is 382 Å². The maximum Gasteiger partial charge on any atom is 0.223 e. The van der Waals surface area contributed by atoms with Gasteiger partial charge in [-0.1, -0.05) is 104 Å². The van der Waals surface area contributed by atoms with Crippen molar-refractivity contribution in [3.8, 4) is 0 Å². The summed E-state index contributed by atoms with van der Waals surface area (Å²) in [5.41, 5.74) is -0.0415. The fourth-order valence-corrected chi connectivity index (χ4v) is 7.67. The molecule has 0 aromatic carbocycles. The number of hydrogen-bond acceptors (Lipinski definition) is 4. The molecule has 4 amide bonds. The van der Waals surface area contributed by atoms with E-state index in [0.29, 0.717) is 23.8 Å². The Kier molecular flexibility index (Phi) is 44.9. The Hall–Kier alpha value is -2.12. The average Bonchev–Trinajstić information content (AvgIpc) is 3.29. The zero-order chi connectivity index (χ0) is 48.0. The second-order valence-electron chi connectivity index (χ2n) is 18.3. The SMILES string of the molecule is CC.CC.CC.CC.CCC(C)(C)NC(=O)C1CCC(C)CC1.CCCNC(=O)C1CCC(C)CC1.CC[C@@H](C)NC(=O)C1CCC(C)CC1.CNC(=O)C1CCC(C)CC1. The number of rotatable bonds is 10. The molecule has 366 valence electrons. The van der Waals surface area contributed by atoms with Gasteiger partial charge < -0.3 is 21.3 Å². The zero-order valence-corrected chi connectivity index (χ0v) is 44.5. The van der Waals surface area contributed by atoms with E-state index < -0.39 is 0 Å². The van der Waals surface area contributed by atoms with Crippen molar-refractivity contribution in [2.45, 2.75) is 258 Å². The van der Waals surface area contributed by atoms with Gasteiger partial charge in [-0.05, 0) is 166 Å². The third kappa shape index (κ3) is 33.1. The molecule has 0 bridgehead atoms. The van der Waals surface area contributed by atoms with E-state index in [2.05, 4.69) is 90.5 Å². The van der Waals surface area contributed by atoms with Gasteiger partial charge in [-0.3, -0.25) is 19.2 Å². The minimum atomic E-state index is -0.0415. The summed E-state index contributed by atoms with van der Waals surface area (Å²) in [6.07, 6.45) is 21.5. The minimum Gasteiger partial charge on any atom is -0.359 e. The van der Waals surface area contributed by atoms with E-state index in [1.807, 2.05) is 55.4 Å². The van der Waals surface area contributed by atoms with Crippen LogP contribution in [0.15, 0.2) is 0 Å². The second kappa shape index (κ2) is 41.9. The largest absolute Gasteiger partial charge is 0.359 e. The van der Waals surface area contributed by atoms with Gasteiger partial charge in [0.2, 0.25) is 23.6 Å². The summed E-state index contributed by atoms with van der Waals surface area (Å²) in [5.74, 6) is 5.54. The first-order chi connectivity index (χ1) is 29.0. The smallest absolute Gasteiger partial charge is 0.223 e. The summed E-state index contributed by atoms with van der Waals surface area (Å²) in [7, 11) is 1.72. The lowest BCUT2D eigenvalue weighted by Gasteiger charge is -2.30. The maximum absolute atomic E-state index is 12.0. The van der Waals surface area contributed by atoms with Crippen LogP contribution in [-0.2, 0) is 19.2 Å². The van der Waals surface area contributed by atoms with Gasteiger partial charge >= 0.3 is 0 Å². The number of amides is 4. The molecule has 0 aromatic heterocycles. The molecule has 1 atom stereocenters. The molecule has 0 heterocycles. The van der Waals surface area contributed by atoms with Crippen LogP contribution < -0.4 is 21.3 Å². The Morgan fingerprint density at radius 3 is 1.07 bits per heavy atom. The predicted molar refractivity (Wildman–Crippen MR) is 268 cm³/mol. The molecule has 8 heteroatoms. The first-order valence-corrected chi connectivity index (χ1v) is 26.2. The summed E-state index contributed by atoms with van der Waals surface area (Å²) < 4.78 is 0. The van der Waals surface area contributed by atoms with Crippen LogP contribution in [0.2, 0.25) is 0 Å². The van der Waals surface area contributed by atoms with E-state index in [-0.39, 0.29) is 35.1 Å². The molecular formula is C53H110N4O4. The lowest BCUT2D eigenvalue weighted by atomic mass is 9.82. The summed E-state index contributed by atoms with van der Waals surface area (Å²) >= 11 is 0. The molecule has 0 radical (unpaired) electrons. The van der Waals surface area contributed by atoms with Gasteiger partial charge in [-0.25, -0.2) is 0 Å². The fraction of sp³-hybridized carbons (Fsp3) is 0.925. The highest BCUT2D eigenvalue weighted by atomic mass is 16.2. The predicted octanol–water partition coefficient (Wildman–Crippen LogP) is 13.8. The van der Waals surface area contributed by atoms with Gasteiger partial charge in [-0.15, -0.1) is 0 Å². The molecular weight excluding hydrogens is 757 g/mol. The van der Waals surface area contributed by atoms with Crippen molar-refractivity contribution in [1.29, 1.82) is 0 Å². The van der Waals surface area contributed by atoms with E-state index in [1.165, 1.54) is 51.4 Å². The van der Waals surface area contributed by atoms with Gasteiger partial charge in [0, 0.05) is 48.8 Å². The van der Waals surface area contributed by atoms with Crippen LogP contribution in [0.5, 0.6) is 0 Å². The summed E-state index contributed by atoms with van der Waals surface area (Å²) in [6.45, 7) is 38.5. The Morgan fingerprint density at radius 1 is 0.492 bits per heavy atom. The number of hydrogen-bond donors (Lipinski definition) is 4. The molecule has 0 unspecified atom stereocenters. The third-order valence-corrected chi connectivity index (χ3v) is 12.7. The Balaban J connectivity index is -0.000000337. The van der Waals surface area contributed by atoms with E-state index >= 15 is 0 Å². The van der Waals surface area contributed by atoms with Gasteiger partial charge in [0.05, 0.1) is 0 Å². The lowest BCUT2D eigenvalue weighted by molar-refractivity contribution is -0.128. The van der Waals surface area contributed by atoms with Crippen LogP contribution in [-0.4, -0.2) is 48.8 Å². The Morgan fingerprint density at radius 2 is 0.787 bits per heavy atom. The van der Waals surface area contributed by atoms with E-state index in [0.717, 1.165) is 101 Å². The zero-order valence-electron chi connectivity index (χ0n) is 44.5. The van der Waals surface area contributed by atoms with Gasteiger partial charge in [0.15, 0.2) is 0 Å². The summed E-state index contributed by atoms with van der Waals surface area (Å²) in [5, 5.41) is 11.9. The van der Waals surface area contributed by atoms with Crippen LogP contribution in [0.1, 0.15) is 247 Å². The van der Waals surface area contributed by atoms with Crippen LogP contribution in [0.25, 0.3) is 0 Å². The van der Waals surface area contributed by atoms with Crippen molar-refractivity contribution < 1.29 is 19.2 Å². The van der Waals surface area contributed by atoms with Crippen molar-refractivity contribution in [2.24, 2.45) is 47.3 Å². The van der Waals surface area contributed by atoms with Crippen molar-refractivity contribution in [1.82, 2.24) is 21.3 Å². The quantitative estimate of drug-likeness (QED) is 0.175. The van der Waals surface area contributed by atoms with Crippen molar-refractivity contribution in [3.63, 3.8) is 0 Å². The normalized spacial score (nSPS) is 25.7. The third-order valence-electron chi connectivity index (χ3n) is 12.7. The van der Waals surface area contributed by atoms with Gasteiger partial charge in [0.25, 0.3) is 0 Å². The van der Waals surface area contributed by atoms with E-state index in [4.69, 9.17) is 0 Å². The monoisotopic (exact) mass is 867 g/mol. The lowest BCUT2D eigenvalue weighted by Crippen LogP contribution is -2.46. The second-order valence-corrected chi connectivity index (χ2v) is 18.3. The Bertz CT molecular complexity index is 1020. The van der Waals surface area contributed by atoms with Crippen molar-refractivity contribution in [2.75, 3.05) is 13.6 Å². The fourth-order valence-electron chi connectivity index (χ4n) is 7.67. The molecule has 4 fully saturated rings. The molecule has 4 rings (SSSR count). The standard InChI is InChI=1S/C13H25NO.C12H23NO.C11H21NO.C9H17NO.4C2H6/c1-5-13(3,4)14-12(15)11-8-6-10(2)7-9-11;1-4-10(3)13-12(14)11-7-5-9(2)6-8-11;1-3-8-12-11(13)10-6-4-9(2)5-7-10;1-7-3-5-8(6-4-7)9(11)10-2;4*1-2/h10-11H,5-9H2,1-4H3,(H,14,15);9-11H,4-8H2,1-3H3,(H,13,14);9-10H,3-8H2,1-2H3,(H,12,13);7-8H,3-6H2,1-2H3,(H,10,11);4*1-2H3/t;9?,10-,11?;;;;;;/m.1....../s1. The molecule has 8 nitrogen and oxygen atoms in total. The van der Waals surface area contributed by atoms with Crippen molar-refractivity contribution in [3.05, 3.63) is 0 Å². The van der Waals surface area contributed by atoms with E-state index in [9.17, 15) is 19.2 Å². The summed E-state index contributed by atoms with van der Waals surface area (Å²) in [6, 6.07) is 0.335. The molecule has 0 spiro atoms. The van der Waals surface area contributed by atoms with Gasteiger partial charge in [-0.2, -0.15) is 0 Å². The molecule has 4 aliphatic rings. The highest BCUT2D eigenvalue weighted by Crippen LogP contribution is 2.31. The van der Waals surface area contributed by atoms with Crippen LogP contribution in [0.3, 0.4) is 0 Å². The van der Waals surface area contributed by atoms with Crippen molar-refractivity contribution >= 4 is 23.6 Å². The van der Waals surface area contributed by atoms with E-state index in [1.54, 1.807) is 7.05 Å². The first kappa shape index (κ1) is 65.5. The van der Waals surface area contributed by atoms with Crippen LogP contribution in [0, 0.1) is 47.3 Å². The maximum atomic E-state index is 12.0. The molecule has 4 saturated carbocycles. The molecule has 4 aliphatic carbocycles. The number of carbonyl (C=O) groups excluding carboxylic acids is 4. The number of nitrogens with one attached hydrogen (secondary N) is 4. The molecule has 61 heavy (non-hydrogen) atoms. The molecule has 0 aromatic rings. The minimum absolute atomic E-state index is 0.0415. The van der Waals surface area contributed by atoms with Crippen LogP contribution >= 0.6 is 0 Å². The number of carbonyl (C=O) groups is 4. The molecule has 0 aliphatic heterocycles. The first-order valence-electron chi connectivity index (χ1n) is 26.2. The highest BCUT2D eigenvalue weighted by molar-refractivity contribution is 5.80. The van der Waals surface area contributed by atoms with Crippen LogP contribution in [0.4, 0.5) is 0 Å². The average molecular weight is 867 g/mol. The topological polar surface area (TPSA) is 116 Å². The molecule has 4 N–H and O–H groups in total. The summed E-state index contributed by atoms with van der Waals surface area (Å²) in [4.78, 5) is 46.4. The van der Waals surface area contributed by atoms with Gasteiger partial charge in [0.1, 0.15) is 0 Å².